The largest absolute Gasteiger partial charge is 0.497 e. The van der Waals surface area contributed by atoms with Gasteiger partial charge in [0.25, 0.3) is 10.1 Å². The first-order valence-electron chi connectivity index (χ1n) is 13.7. The molecular formula is C28H35NO14S2. The minimum absolute atomic E-state index is 0.0757. The number of carbonyl (C=O) groups excluding carboxylic acids is 1. The fraction of sp³-hybridized carbons (Fsp3) is 0.464. The molecule has 17 heteroatoms. The lowest BCUT2D eigenvalue weighted by Gasteiger charge is -2.39. The van der Waals surface area contributed by atoms with Gasteiger partial charge in [0.15, 0.2) is 23.4 Å². The Bertz CT molecular complexity index is 1590. The number of nitrogens with one attached hydrogen (secondary N) is 1. The van der Waals surface area contributed by atoms with Gasteiger partial charge in [-0.05, 0) is 62.2 Å². The quantitative estimate of drug-likeness (QED) is 0.206. The number of hydrogen-bond acceptors (Lipinski definition) is 12. The van der Waals surface area contributed by atoms with Crippen LogP contribution in [0.3, 0.4) is 0 Å². The lowest BCUT2D eigenvalue weighted by Crippen LogP contribution is -2.58. The molecule has 4 rings (SSSR count). The van der Waals surface area contributed by atoms with Crippen LogP contribution in [0.1, 0.15) is 31.9 Å². The van der Waals surface area contributed by atoms with Crippen LogP contribution in [0.5, 0.6) is 17.2 Å². The van der Waals surface area contributed by atoms with Crippen molar-refractivity contribution in [2.75, 3.05) is 19.4 Å². The zero-order valence-corrected chi connectivity index (χ0v) is 26.4. The fourth-order valence-corrected chi connectivity index (χ4v) is 5.51. The smallest absolute Gasteiger partial charge is 0.397 e. The SMILES string of the molecule is COc1ccc(COc2cc(/C=C/C(=O)NCCS(=O)(=O)O)ccc2O[C@H]2O[C@@H](C)[C@H]3OC(C)(C)O[C@H]3[C@@H]2OS(=O)(=O)O)cc1. The normalized spacial score (nSPS) is 24.6. The number of benzene rings is 2. The maximum Gasteiger partial charge on any atom is 0.397 e. The molecule has 2 fully saturated rings. The molecule has 1 amide bonds. The predicted molar refractivity (Wildman–Crippen MR) is 157 cm³/mol. The van der Waals surface area contributed by atoms with Crippen LogP contribution in [0.25, 0.3) is 6.08 Å². The minimum Gasteiger partial charge on any atom is -0.497 e. The molecule has 2 aromatic carbocycles. The van der Waals surface area contributed by atoms with Gasteiger partial charge in [-0.15, -0.1) is 0 Å². The van der Waals surface area contributed by atoms with Crippen molar-refractivity contribution in [3.63, 3.8) is 0 Å². The van der Waals surface area contributed by atoms with Crippen molar-refractivity contribution in [2.45, 2.75) is 63.9 Å². The van der Waals surface area contributed by atoms with Crippen LogP contribution >= 0.6 is 0 Å². The third-order valence-corrected chi connectivity index (χ3v) is 7.84. The first-order valence-corrected chi connectivity index (χ1v) is 16.6. The highest BCUT2D eigenvalue weighted by Crippen LogP contribution is 2.41. The Balaban J connectivity index is 1.59. The minimum atomic E-state index is -4.97. The van der Waals surface area contributed by atoms with Crippen LogP contribution in [0.4, 0.5) is 0 Å². The highest BCUT2D eigenvalue weighted by Gasteiger charge is 2.56. The Kier molecular flexibility index (Phi) is 10.8. The summed E-state index contributed by atoms with van der Waals surface area (Å²) < 4.78 is 104. The summed E-state index contributed by atoms with van der Waals surface area (Å²) in [6.07, 6.45) is -2.62. The van der Waals surface area contributed by atoms with Crippen LogP contribution < -0.4 is 19.5 Å². The van der Waals surface area contributed by atoms with Crippen molar-refractivity contribution < 1.29 is 63.3 Å². The Hall–Kier alpha value is -3.29. The molecule has 2 heterocycles. The van der Waals surface area contributed by atoms with E-state index in [4.69, 9.17) is 37.2 Å². The van der Waals surface area contributed by atoms with Gasteiger partial charge >= 0.3 is 10.4 Å². The van der Waals surface area contributed by atoms with Gasteiger partial charge in [-0.3, -0.25) is 13.9 Å². The maximum atomic E-state index is 12.1. The first kappa shape index (κ1) is 34.6. The molecule has 2 aromatic rings. The van der Waals surface area contributed by atoms with E-state index in [1.807, 2.05) is 0 Å². The summed E-state index contributed by atoms with van der Waals surface area (Å²) in [5.41, 5.74) is 1.26. The summed E-state index contributed by atoms with van der Waals surface area (Å²) >= 11 is 0. The first-order chi connectivity index (χ1) is 21.0. The van der Waals surface area contributed by atoms with Gasteiger partial charge in [0.05, 0.1) is 19.0 Å². The highest BCUT2D eigenvalue weighted by atomic mass is 32.3. The third kappa shape index (κ3) is 10.1. The Morgan fingerprint density at radius 3 is 2.36 bits per heavy atom. The topological polar surface area (TPSA) is 202 Å². The van der Waals surface area contributed by atoms with E-state index in [0.29, 0.717) is 11.3 Å². The van der Waals surface area contributed by atoms with Crippen molar-refractivity contribution in [1.29, 1.82) is 0 Å². The summed E-state index contributed by atoms with van der Waals surface area (Å²) in [5, 5.41) is 2.34. The van der Waals surface area contributed by atoms with Crippen LogP contribution in [-0.2, 0) is 50.3 Å². The summed E-state index contributed by atoms with van der Waals surface area (Å²) in [5.74, 6) is -1.41. The van der Waals surface area contributed by atoms with E-state index in [-0.39, 0.29) is 24.7 Å². The summed E-state index contributed by atoms with van der Waals surface area (Å²) in [6, 6.07) is 11.7. The predicted octanol–water partition coefficient (Wildman–Crippen LogP) is 2.12. The van der Waals surface area contributed by atoms with E-state index in [1.54, 1.807) is 64.3 Å². The van der Waals surface area contributed by atoms with Gasteiger partial charge < -0.3 is 33.7 Å². The van der Waals surface area contributed by atoms with Crippen LogP contribution in [0.15, 0.2) is 48.5 Å². The number of fused-ring (bicyclic) bond motifs is 1. The van der Waals surface area contributed by atoms with E-state index in [1.165, 1.54) is 12.1 Å². The molecule has 248 valence electrons. The lowest BCUT2D eigenvalue weighted by molar-refractivity contribution is -0.237. The lowest BCUT2D eigenvalue weighted by atomic mass is 10.00. The van der Waals surface area contributed by atoms with Crippen LogP contribution in [0.2, 0.25) is 0 Å². The second-order valence-corrected chi connectivity index (χ2v) is 13.3. The number of amides is 1. The molecule has 0 radical (unpaired) electrons. The number of rotatable bonds is 13. The Morgan fingerprint density at radius 1 is 1.02 bits per heavy atom. The monoisotopic (exact) mass is 673 g/mol. The molecule has 0 aromatic heterocycles. The van der Waals surface area contributed by atoms with Gasteiger partial charge in [-0.25, -0.2) is 4.18 Å². The number of methoxy groups -OCH3 is 1. The third-order valence-electron chi connectivity index (χ3n) is 6.65. The van der Waals surface area contributed by atoms with E-state index >= 15 is 0 Å². The van der Waals surface area contributed by atoms with Gasteiger partial charge in [-0.2, -0.15) is 16.8 Å². The van der Waals surface area contributed by atoms with Gasteiger partial charge in [0, 0.05) is 12.6 Å². The Labute approximate surface area is 261 Å². The summed E-state index contributed by atoms with van der Waals surface area (Å²) in [4.78, 5) is 12.1. The molecule has 15 nitrogen and oxygen atoms in total. The molecule has 0 spiro atoms. The van der Waals surface area contributed by atoms with E-state index in [0.717, 1.165) is 11.6 Å². The average Bonchev–Trinajstić information content (AvgIpc) is 3.28. The van der Waals surface area contributed by atoms with Crippen LogP contribution in [-0.4, -0.2) is 87.7 Å². The van der Waals surface area contributed by atoms with Gasteiger partial charge in [0.2, 0.25) is 12.2 Å². The fourth-order valence-electron chi connectivity index (χ4n) is 4.67. The maximum absolute atomic E-state index is 12.1. The van der Waals surface area contributed by atoms with Gasteiger partial charge in [-0.1, -0.05) is 18.2 Å². The molecule has 5 atom stereocenters. The second kappa shape index (κ2) is 14.0. The van der Waals surface area contributed by atoms with Crippen molar-refractivity contribution in [3.05, 3.63) is 59.7 Å². The van der Waals surface area contributed by atoms with Crippen molar-refractivity contribution in [3.8, 4) is 17.2 Å². The number of hydrogen-bond donors (Lipinski definition) is 3. The zero-order valence-electron chi connectivity index (χ0n) is 24.8. The van der Waals surface area contributed by atoms with E-state index in [9.17, 15) is 26.2 Å². The zero-order chi connectivity index (χ0) is 33.0. The van der Waals surface area contributed by atoms with Crippen molar-refractivity contribution in [2.24, 2.45) is 0 Å². The van der Waals surface area contributed by atoms with E-state index < -0.39 is 68.7 Å². The summed E-state index contributed by atoms with van der Waals surface area (Å²) in [6.45, 7) is 4.77. The standard InChI is InChI=1S/C28H35NO14S2/c1-17-24-25(42-28(2,3)41-24)26(43-45(34,35)36)27(39-17)40-21-11-7-18(8-12-23(30)29-13-14-44(31,32)33)15-22(21)38-16-19-5-9-20(37-4)10-6-19/h5-12,15,17,24-27H,13-14,16H2,1-4H3,(H,29,30)(H,31,32,33)(H,34,35,36)/b12-8+/t17-,24+,25+,26-,27+/m0/s1. The molecule has 0 bridgehead atoms. The molecule has 45 heavy (non-hydrogen) atoms. The average molecular weight is 674 g/mol. The van der Waals surface area contributed by atoms with Gasteiger partial charge in [0.1, 0.15) is 24.6 Å². The number of carbonyl (C=O) groups is 1. The molecule has 3 N–H and O–H groups in total. The molecule has 0 saturated carbocycles. The molecule has 0 aliphatic carbocycles. The van der Waals surface area contributed by atoms with E-state index in [2.05, 4.69) is 5.32 Å². The second-order valence-electron chi connectivity index (χ2n) is 10.6. The van der Waals surface area contributed by atoms with Crippen LogP contribution in [0, 0.1) is 0 Å². The summed E-state index contributed by atoms with van der Waals surface area (Å²) in [7, 11) is -7.66. The highest BCUT2D eigenvalue weighted by molar-refractivity contribution is 7.85. The van der Waals surface area contributed by atoms with Crippen molar-refractivity contribution in [1.82, 2.24) is 5.32 Å². The Morgan fingerprint density at radius 2 is 1.71 bits per heavy atom. The molecule has 0 unspecified atom stereocenters. The molecular weight excluding hydrogens is 638 g/mol. The van der Waals surface area contributed by atoms with Crippen molar-refractivity contribution >= 4 is 32.5 Å². The molecule has 2 saturated heterocycles. The number of ether oxygens (including phenoxy) is 6. The molecule has 2 aliphatic heterocycles. The molecule has 2 aliphatic rings.